The van der Waals surface area contributed by atoms with Crippen molar-refractivity contribution in [2.24, 2.45) is 5.73 Å². The predicted octanol–water partition coefficient (Wildman–Crippen LogP) is 4.65. The van der Waals surface area contributed by atoms with Crippen LogP contribution in [0.25, 0.3) is 11.1 Å². The maximum absolute atomic E-state index is 5.90. The lowest BCUT2D eigenvalue weighted by molar-refractivity contribution is 0.141. The second kappa shape index (κ2) is 10.4. The van der Waals surface area contributed by atoms with E-state index in [2.05, 4.69) is 43.0 Å². The minimum Gasteiger partial charge on any atom is -0.380 e. The summed E-state index contributed by atoms with van der Waals surface area (Å²) in [6, 6.07) is 8.46. The fourth-order valence-electron chi connectivity index (χ4n) is 2.06. The Morgan fingerprint density at radius 2 is 1.91 bits per heavy atom. The summed E-state index contributed by atoms with van der Waals surface area (Å²) >= 11 is 5.90. The van der Waals surface area contributed by atoms with Gasteiger partial charge >= 0.3 is 0 Å². The molecule has 1 aromatic carbocycles. The van der Waals surface area contributed by atoms with Crippen LogP contribution in [-0.2, 0) is 4.74 Å². The van der Waals surface area contributed by atoms with Crippen LogP contribution in [0.4, 0.5) is 0 Å². The summed E-state index contributed by atoms with van der Waals surface area (Å²) in [7, 11) is 0. The van der Waals surface area contributed by atoms with Gasteiger partial charge in [-0.1, -0.05) is 49.1 Å². The molecule has 0 amide bonds. The second-order valence-electron chi connectivity index (χ2n) is 5.08. The van der Waals surface area contributed by atoms with Crippen LogP contribution in [0.2, 0.25) is 0 Å². The van der Waals surface area contributed by atoms with E-state index in [4.69, 9.17) is 22.1 Å². The molecule has 0 radical (unpaired) electrons. The third kappa shape index (κ3) is 6.18. The van der Waals surface area contributed by atoms with Crippen LogP contribution < -0.4 is 5.73 Å². The molecule has 0 saturated carbocycles. The Morgan fingerprint density at radius 1 is 1.27 bits per heavy atom. The molecule has 0 aliphatic carbocycles. The molecule has 0 fully saturated rings. The zero-order chi connectivity index (χ0) is 16.4. The number of hydrogen-bond donors (Lipinski definition) is 1. The molecule has 0 aliphatic heterocycles. The molecule has 0 bridgehead atoms. The molecule has 0 saturated heterocycles. The number of alkyl halides is 1. The minimum absolute atomic E-state index is 0.113. The van der Waals surface area contributed by atoms with Gasteiger partial charge in [0.2, 0.25) is 0 Å². The monoisotopic (exact) mass is 319 g/mol. The lowest BCUT2D eigenvalue weighted by Gasteiger charge is -2.10. The number of halogens is 1. The summed E-state index contributed by atoms with van der Waals surface area (Å²) in [4.78, 5) is 0. The Morgan fingerprint density at radius 3 is 2.45 bits per heavy atom. The largest absolute Gasteiger partial charge is 0.380 e. The highest BCUT2D eigenvalue weighted by atomic mass is 35.5. The van der Waals surface area contributed by atoms with E-state index in [0.717, 1.165) is 17.6 Å². The minimum atomic E-state index is -0.113. The van der Waals surface area contributed by atoms with Crippen molar-refractivity contribution in [1.29, 1.82) is 0 Å². The van der Waals surface area contributed by atoms with Crippen LogP contribution in [-0.4, -0.2) is 25.1 Å². The van der Waals surface area contributed by atoms with Crippen LogP contribution in [0.5, 0.6) is 0 Å². The fraction of sp³-hybridized carbons (Fsp3) is 0.368. The van der Waals surface area contributed by atoms with Gasteiger partial charge in [0.25, 0.3) is 0 Å². The number of benzene rings is 1. The van der Waals surface area contributed by atoms with Gasteiger partial charge in [-0.2, -0.15) is 0 Å². The summed E-state index contributed by atoms with van der Waals surface area (Å²) in [6.07, 6.45) is 7.05. The Kier molecular flexibility index (Phi) is 8.83. The van der Waals surface area contributed by atoms with Crippen molar-refractivity contribution in [3.8, 4) is 0 Å². The Bertz CT molecular complexity index is 517. The first-order valence-electron chi connectivity index (χ1n) is 7.61. The van der Waals surface area contributed by atoms with E-state index in [1.807, 2.05) is 19.9 Å². The van der Waals surface area contributed by atoms with Gasteiger partial charge in [-0.25, -0.2) is 0 Å². The third-order valence-electron chi connectivity index (χ3n) is 3.39. The first-order valence-corrected chi connectivity index (χ1v) is 8.05. The molecular weight excluding hydrogens is 294 g/mol. The molecule has 120 valence electrons. The van der Waals surface area contributed by atoms with Gasteiger partial charge in [0.15, 0.2) is 0 Å². The number of nitrogens with two attached hydrogens (primary N) is 1. The van der Waals surface area contributed by atoms with Gasteiger partial charge in [-0.05, 0) is 42.5 Å². The van der Waals surface area contributed by atoms with Crippen molar-refractivity contribution in [1.82, 2.24) is 0 Å². The van der Waals surface area contributed by atoms with Gasteiger partial charge in [-0.3, -0.25) is 0 Å². The average molecular weight is 320 g/mol. The van der Waals surface area contributed by atoms with Crippen LogP contribution >= 0.6 is 11.6 Å². The van der Waals surface area contributed by atoms with E-state index >= 15 is 0 Å². The molecular formula is C19H26ClNO. The second-order valence-corrected chi connectivity index (χ2v) is 5.70. The van der Waals surface area contributed by atoms with Gasteiger partial charge in [-0.15, -0.1) is 11.6 Å². The number of hydrogen-bond acceptors (Lipinski definition) is 2. The topological polar surface area (TPSA) is 35.2 Å². The van der Waals surface area contributed by atoms with Gasteiger partial charge in [0, 0.05) is 6.54 Å². The molecule has 0 aromatic heterocycles. The Labute approximate surface area is 139 Å². The standard InChI is InChI=1S/C19H26ClNO/c1-4-6-16(5-2)18-9-7-17(8-10-18)15(3)11-12-22-14-19(20)13-21/h4-10,19H,3,11-14,21H2,1-2H3/b6-4-,16-5+. The van der Waals surface area contributed by atoms with Gasteiger partial charge in [0.1, 0.15) is 0 Å². The fourth-order valence-corrected chi connectivity index (χ4v) is 2.15. The van der Waals surface area contributed by atoms with Gasteiger partial charge in [0.05, 0.1) is 18.6 Å². The molecule has 1 atom stereocenters. The summed E-state index contributed by atoms with van der Waals surface area (Å²) < 4.78 is 5.50. The Balaban J connectivity index is 2.54. The molecule has 2 N–H and O–H groups in total. The van der Waals surface area contributed by atoms with Crippen LogP contribution in [0.15, 0.2) is 49.1 Å². The molecule has 0 spiro atoms. The maximum Gasteiger partial charge on any atom is 0.0691 e. The molecule has 1 rings (SSSR count). The highest BCUT2D eigenvalue weighted by Gasteiger charge is 2.04. The molecule has 22 heavy (non-hydrogen) atoms. The quantitative estimate of drug-likeness (QED) is 0.408. The first kappa shape index (κ1) is 18.7. The highest BCUT2D eigenvalue weighted by Crippen LogP contribution is 2.21. The first-order chi connectivity index (χ1) is 10.6. The number of ether oxygens (including phenoxy) is 1. The van der Waals surface area contributed by atoms with E-state index in [-0.39, 0.29) is 5.38 Å². The molecule has 2 nitrogen and oxygen atoms in total. The highest BCUT2D eigenvalue weighted by molar-refractivity contribution is 6.20. The van der Waals surface area contributed by atoms with Crippen molar-refractivity contribution in [3.63, 3.8) is 0 Å². The maximum atomic E-state index is 5.90. The molecule has 3 heteroatoms. The normalized spacial score (nSPS) is 13.5. The van der Waals surface area contributed by atoms with Crippen molar-refractivity contribution in [3.05, 3.63) is 60.2 Å². The summed E-state index contributed by atoms with van der Waals surface area (Å²) in [5, 5.41) is -0.113. The summed E-state index contributed by atoms with van der Waals surface area (Å²) in [5.41, 5.74) is 10.1. The van der Waals surface area contributed by atoms with E-state index in [1.54, 1.807) is 0 Å². The molecule has 1 unspecified atom stereocenters. The van der Waals surface area contributed by atoms with Crippen LogP contribution in [0, 0.1) is 0 Å². The van der Waals surface area contributed by atoms with Crippen molar-refractivity contribution < 1.29 is 4.74 Å². The lowest BCUT2D eigenvalue weighted by atomic mass is 9.99. The Hall–Kier alpha value is -1.35. The van der Waals surface area contributed by atoms with E-state index in [9.17, 15) is 0 Å². The zero-order valence-electron chi connectivity index (χ0n) is 13.5. The average Bonchev–Trinajstić information content (AvgIpc) is 2.56. The zero-order valence-corrected chi connectivity index (χ0v) is 14.3. The van der Waals surface area contributed by atoms with Crippen LogP contribution in [0.1, 0.15) is 31.4 Å². The lowest BCUT2D eigenvalue weighted by Crippen LogP contribution is -2.20. The third-order valence-corrected chi connectivity index (χ3v) is 3.69. The van der Waals surface area contributed by atoms with E-state index in [1.165, 1.54) is 11.1 Å². The number of rotatable bonds is 9. The smallest absolute Gasteiger partial charge is 0.0691 e. The van der Waals surface area contributed by atoms with Crippen molar-refractivity contribution >= 4 is 22.7 Å². The van der Waals surface area contributed by atoms with E-state index < -0.39 is 0 Å². The van der Waals surface area contributed by atoms with Gasteiger partial charge < -0.3 is 10.5 Å². The van der Waals surface area contributed by atoms with E-state index in [0.29, 0.717) is 19.8 Å². The molecule has 0 heterocycles. The summed E-state index contributed by atoms with van der Waals surface area (Å²) in [5.74, 6) is 0. The SMILES string of the molecule is C=C(CCOCC(Cl)CN)c1ccc(C(/C=C\C)=C/C)cc1. The predicted molar refractivity (Wildman–Crippen MR) is 98.1 cm³/mol. The molecule has 0 aliphatic rings. The van der Waals surface area contributed by atoms with Crippen molar-refractivity contribution in [2.45, 2.75) is 25.6 Å². The van der Waals surface area contributed by atoms with Crippen molar-refractivity contribution in [2.75, 3.05) is 19.8 Å². The van der Waals surface area contributed by atoms with Crippen LogP contribution in [0.3, 0.4) is 0 Å². The molecule has 1 aromatic rings. The summed E-state index contributed by atoms with van der Waals surface area (Å²) in [6.45, 7) is 9.73. The number of allylic oxidation sites excluding steroid dienone is 4.